The number of rotatable bonds is 1. The second kappa shape index (κ2) is 4.14. The number of anilines is 1. The topological polar surface area (TPSA) is 36.4 Å². The SMILES string of the molecule is Fc1cc(F)c(NC2=NCCN2)c(Br)c1. The van der Waals surface area contributed by atoms with Gasteiger partial charge in [0.1, 0.15) is 5.82 Å². The first-order valence-corrected chi connectivity index (χ1v) is 5.16. The minimum Gasteiger partial charge on any atom is -0.354 e. The predicted octanol–water partition coefficient (Wildman–Crippen LogP) is 2.10. The number of guanidine groups is 1. The molecule has 0 aromatic heterocycles. The van der Waals surface area contributed by atoms with Crippen LogP contribution in [-0.2, 0) is 0 Å². The lowest BCUT2D eigenvalue weighted by molar-refractivity contribution is 0.585. The zero-order valence-corrected chi connectivity index (χ0v) is 9.24. The molecule has 0 unspecified atom stereocenters. The summed E-state index contributed by atoms with van der Waals surface area (Å²) in [6, 6.07) is 2.02. The summed E-state index contributed by atoms with van der Waals surface area (Å²) >= 11 is 3.08. The van der Waals surface area contributed by atoms with Gasteiger partial charge in [-0.2, -0.15) is 0 Å². The number of nitrogens with one attached hydrogen (secondary N) is 2. The maximum absolute atomic E-state index is 13.3. The third kappa shape index (κ3) is 2.26. The van der Waals surface area contributed by atoms with E-state index in [9.17, 15) is 8.78 Å². The molecule has 1 aliphatic rings. The largest absolute Gasteiger partial charge is 0.354 e. The van der Waals surface area contributed by atoms with Crippen LogP contribution in [0.15, 0.2) is 21.6 Å². The molecule has 1 aromatic carbocycles. The summed E-state index contributed by atoms with van der Waals surface area (Å²) in [6.07, 6.45) is 0. The van der Waals surface area contributed by atoms with Gasteiger partial charge in [0.25, 0.3) is 0 Å². The van der Waals surface area contributed by atoms with E-state index in [4.69, 9.17) is 0 Å². The van der Waals surface area contributed by atoms with Gasteiger partial charge in [0.2, 0.25) is 0 Å². The van der Waals surface area contributed by atoms with Crippen molar-refractivity contribution in [3.05, 3.63) is 28.2 Å². The lowest BCUT2D eigenvalue weighted by atomic mass is 10.3. The molecule has 0 radical (unpaired) electrons. The van der Waals surface area contributed by atoms with Crippen LogP contribution in [-0.4, -0.2) is 19.0 Å². The Morgan fingerprint density at radius 3 is 2.80 bits per heavy atom. The maximum atomic E-state index is 13.3. The molecule has 6 heteroatoms. The quantitative estimate of drug-likeness (QED) is 0.824. The van der Waals surface area contributed by atoms with Crippen molar-refractivity contribution in [2.45, 2.75) is 0 Å². The van der Waals surface area contributed by atoms with Gasteiger partial charge in [-0.15, -0.1) is 0 Å². The van der Waals surface area contributed by atoms with Crippen LogP contribution >= 0.6 is 15.9 Å². The van der Waals surface area contributed by atoms with E-state index in [1.807, 2.05) is 0 Å². The first kappa shape index (κ1) is 10.4. The third-order valence-electron chi connectivity index (χ3n) is 1.92. The zero-order chi connectivity index (χ0) is 10.8. The molecule has 80 valence electrons. The Bertz CT molecular complexity index is 397. The number of nitrogens with zero attached hydrogens (tertiary/aromatic N) is 1. The molecule has 0 fully saturated rings. The first-order valence-electron chi connectivity index (χ1n) is 4.37. The van der Waals surface area contributed by atoms with E-state index in [2.05, 4.69) is 31.6 Å². The Kier molecular flexibility index (Phi) is 2.86. The van der Waals surface area contributed by atoms with E-state index < -0.39 is 11.6 Å². The molecular formula is C9H8BrF2N3. The van der Waals surface area contributed by atoms with Crippen molar-refractivity contribution >= 4 is 27.6 Å². The number of hydrogen-bond acceptors (Lipinski definition) is 3. The fourth-order valence-corrected chi connectivity index (χ4v) is 1.77. The summed E-state index contributed by atoms with van der Waals surface area (Å²) in [7, 11) is 0. The Labute approximate surface area is 93.7 Å². The molecule has 2 N–H and O–H groups in total. The van der Waals surface area contributed by atoms with Crippen LogP contribution in [0.25, 0.3) is 0 Å². The van der Waals surface area contributed by atoms with Crippen LogP contribution in [0.1, 0.15) is 0 Å². The van der Waals surface area contributed by atoms with Gasteiger partial charge in [0.05, 0.1) is 12.2 Å². The number of benzene rings is 1. The van der Waals surface area contributed by atoms with Crippen molar-refractivity contribution in [2.24, 2.45) is 4.99 Å². The summed E-state index contributed by atoms with van der Waals surface area (Å²) in [4.78, 5) is 4.05. The van der Waals surface area contributed by atoms with Crippen molar-refractivity contribution in [2.75, 3.05) is 18.4 Å². The monoisotopic (exact) mass is 275 g/mol. The smallest absolute Gasteiger partial charge is 0.196 e. The summed E-state index contributed by atoms with van der Waals surface area (Å²) in [6.45, 7) is 1.38. The highest BCUT2D eigenvalue weighted by Gasteiger charge is 2.12. The Morgan fingerprint density at radius 2 is 2.20 bits per heavy atom. The fourth-order valence-electron chi connectivity index (χ4n) is 1.26. The lowest BCUT2D eigenvalue weighted by Crippen LogP contribution is -2.26. The van der Waals surface area contributed by atoms with Crippen molar-refractivity contribution in [3.8, 4) is 0 Å². The molecule has 0 bridgehead atoms. The Morgan fingerprint density at radius 1 is 1.40 bits per heavy atom. The predicted molar refractivity (Wildman–Crippen MR) is 58.0 cm³/mol. The molecule has 0 spiro atoms. The second-order valence-electron chi connectivity index (χ2n) is 3.03. The molecule has 0 aliphatic carbocycles. The minimum atomic E-state index is -0.654. The van der Waals surface area contributed by atoms with Gasteiger partial charge in [-0.3, -0.25) is 4.99 Å². The van der Waals surface area contributed by atoms with Gasteiger partial charge in [-0.25, -0.2) is 8.78 Å². The summed E-state index contributed by atoms with van der Waals surface area (Å²) in [5.74, 6) is -0.772. The van der Waals surface area contributed by atoms with Crippen molar-refractivity contribution in [1.29, 1.82) is 0 Å². The van der Waals surface area contributed by atoms with Crippen LogP contribution in [0.2, 0.25) is 0 Å². The zero-order valence-electron chi connectivity index (χ0n) is 7.65. The highest BCUT2D eigenvalue weighted by atomic mass is 79.9. The molecular weight excluding hydrogens is 268 g/mol. The van der Waals surface area contributed by atoms with Crippen molar-refractivity contribution < 1.29 is 8.78 Å². The highest BCUT2D eigenvalue weighted by Crippen LogP contribution is 2.26. The van der Waals surface area contributed by atoms with Crippen molar-refractivity contribution in [3.63, 3.8) is 0 Å². The molecule has 0 saturated heterocycles. The molecule has 1 aromatic rings. The van der Waals surface area contributed by atoms with E-state index in [0.29, 0.717) is 17.0 Å². The summed E-state index contributed by atoms with van der Waals surface area (Å²) in [5, 5.41) is 5.69. The van der Waals surface area contributed by atoms with Gasteiger partial charge >= 0.3 is 0 Å². The Balaban J connectivity index is 2.27. The number of halogens is 3. The number of aliphatic imine (C=N–C) groups is 1. The average Bonchev–Trinajstić information content (AvgIpc) is 2.63. The van der Waals surface area contributed by atoms with Gasteiger partial charge in [-0.1, -0.05) is 0 Å². The summed E-state index contributed by atoms with van der Waals surface area (Å²) < 4.78 is 26.5. The molecule has 0 amide bonds. The lowest BCUT2D eigenvalue weighted by Gasteiger charge is -2.09. The second-order valence-corrected chi connectivity index (χ2v) is 3.88. The van der Waals surface area contributed by atoms with Gasteiger partial charge in [0, 0.05) is 17.1 Å². The van der Waals surface area contributed by atoms with E-state index in [1.54, 1.807) is 0 Å². The average molecular weight is 276 g/mol. The fraction of sp³-hybridized carbons (Fsp3) is 0.222. The van der Waals surface area contributed by atoms with Crippen LogP contribution in [0.3, 0.4) is 0 Å². The van der Waals surface area contributed by atoms with Gasteiger partial charge in [0.15, 0.2) is 11.8 Å². The molecule has 3 nitrogen and oxygen atoms in total. The molecule has 15 heavy (non-hydrogen) atoms. The Hall–Kier alpha value is -1.17. The highest BCUT2D eigenvalue weighted by molar-refractivity contribution is 9.10. The summed E-state index contributed by atoms with van der Waals surface area (Å²) in [5.41, 5.74) is 0.185. The van der Waals surface area contributed by atoms with Crippen LogP contribution in [0, 0.1) is 11.6 Å². The first-order chi connectivity index (χ1) is 7.16. The minimum absolute atomic E-state index is 0.185. The maximum Gasteiger partial charge on any atom is 0.196 e. The van der Waals surface area contributed by atoms with E-state index in [0.717, 1.165) is 12.6 Å². The molecule has 1 heterocycles. The normalized spacial score (nSPS) is 14.7. The third-order valence-corrected chi connectivity index (χ3v) is 2.55. The van der Waals surface area contributed by atoms with Crippen molar-refractivity contribution in [1.82, 2.24) is 5.32 Å². The molecule has 0 atom stereocenters. The van der Waals surface area contributed by atoms with Gasteiger partial charge in [-0.05, 0) is 22.0 Å². The molecule has 0 saturated carbocycles. The van der Waals surface area contributed by atoms with E-state index in [1.165, 1.54) is 6.07 Å². The van der Waals surface area contributed by atoms with E-state index in [-0.39, 0.29) is 5.69 Å². The standard InChI is InChI=1S/C9H8BrF2N3/c10-6-3-5(11)4-7(12)8(6)15-9-13-1-2-14-9/h3-4H,1-2H2,(H2,13,14,15). The van der Waals surface area contributed by atoms with Crippen LogP contribution in [0.5, 0.6) is 0 Å². The van der Waals surface area contributed by atoms with Crippen LogP contribution in [0.4, 0.5) is 14.5 Å². The van der Waals surface area contributed by atoms with E-state index >= 15 is 0 Å². The molecule has 2 rings (SSSR count). The number of hydrogen-bond donors (Lipinski definition) is 2. The van der Waals surface area contributed by atoms with Gasteiger partial charge < -0.3 is 10.6 Å². The molecule has 1 aliphatic heterocycles. The van der Waals surface area contributed by atoms with Crippen LogP contribution < -0.4 is 10.6 Å².